The van der Waals surface area contributed by atoms with Crippen LogP contribution < -0.4 is 5.32 Å². The first-order valence-corrected chi connectivity index (χ1v) is 6.85. The minimum absolute atomic E-state index is 0.0123. The van der Waals surface area contributed by atoms with Crippen LogP contribution in [0.25, 0.3) is 0 Å². The van der Waals surface area contributed by atoms with E-state index in [-0.39, 0.29) is 12.5 Å². The lowest BCUT2D eigenvalue weighted by atomic mass is 9.99. The number of benzene rings is 1. The number of halogens is 3. The molecule has 0 saturated heterocycles. The molecule has 0 radical (unpaired) electrons. The molecule has 19 heavy (non-hydrogen) atoms. The van der Waals surface area contributed by atoms with Crippen LogP contribution >= 0.6 is 0 Å². The molecule has 0 spiro atoms. The lowest BCUT2D eigenvalue weighted by molar-refractivity contribution is -0.135. The van der Waals surface area contributed by atoms with Crippen molar-refractivity contribution in [3.05, 3.63) is 35.4 Å². The highest BCUT2D eigenvalue weighted by molar-refractivity contribution is 5.25. The zero-order valence-corrected chi connectivity index (χ0v) is 11.6. The van der Waals surface area contributed by atoms with Crippen LogP contribution in [0, 0.1) is 0 Å². The van der Waals surface area contributed by atoms with Crippen LogP contribution in [0.5, 0.6) is 0 Å². The summed E-state index contributed by atoms with van der Waals surface area (Å²) in [4.78, 5) is 0. The van der Waals surface area contributed by atoms with Gasteiger partial charge in [0.2, 0.25) is 0 Å². The van der Waals surface area contributed by atoms with Crippen molar-refractivity contribution >= 4 is 0 Å². The van der Waals surface area contributed by atoms with E-state index in [4.69, 9.17) is 0 Å². The van der Waals surface area contributed by atoms with Crippen LogP contribution in [0.3, 0.4) is 0 Å². The van der Waals surface area contributed by atoms with Crippen molar-refractivity contribution in [3.63, 3.8) is 0 Å². The van der Waals surface area contributed by atoms with Gasteiger partial charge in [-0.05, 0) is 36.9 Å². The van der Waals surface area contributed by atoms with Crippen LogP contribution in [-0.2, 0) is 6.42 Å². The molecule has 0 aliphatic heterocycles. The van der Waals surface area contributed by atoms with Crippen LogP contribution in [-0.4, -0.2) is 12.7 Å². The molecule has 0 amide bonds. The molecule has 1 unspecified atom stereocenters. The molecule has 0 fully saturated rings. The Kier molecular flexibility index (Phi) is 6.35. The molecular formula is C15H22F3N. The summed E-state index contributed by atoms with van der Waals surface area (Å²) in [6.07, 6.45) is -3.11. The van der Waals surface area contributed by atoms with Crippen LogP contribution in [0.15, 0.2) is 24.3 Å². The number of rotatable bonds is 7. The molecule has 108 valence electrons. The maximum absolute atomic E-state index is 12.2. The first-order valence-electron chi connectivity index (χ1n) is 6.85. The van der Waals surface area contributed by atoms with E-state index in [0.717, 1.165) is 18.5 Å². The first kappa shape index (κ1) is 16.0. The van der Waals surface area contributed by atoms with E-state index in [1.54, 1.807) is 0 Å². The normalized spacial score (nSPS) is 13.5. The van der Waals surface area contributed by atoms with Crippen molar-refractivity contribution in [2.24, 2.45) is 0 Å². The summed E-state index contributed by atoms with van der Waals surface area (Å²) < 4.78 is 36.5. The molecule has 1 aromatic rings. The maximum atomic E-state index is 12.2. The number of alkyl halides is 3. The second kappa shape index (κ2) is 7.53. The molecular weight excluding hydrogens is 251 g/mol. The van der Waals surface area contributed by atoms with Gasteiger partial charge < -0.3 is 5.32 Å². The third-order valence-corrected chi connectivity index (χ3v) is 3.19. The highest BCUT2D eigenvalue weighted by atomic mass is 19.4. The maximum Gasteiger partial charge on any atom is 0.389 e. The summed E-state index contributed by atoms with van der Waals surface area (Å²) in [5.74, 6) is 0. The van der Waals surface area contributed by atoms with Crippen molar-refractivity contribution in [2.75, 3.05) is 6.54 Å². The van der Waals surface area contributed by atoms with Crippen LogP contribution in [0.4, 0.5) is 13.2 Å². The Balaban J connectivity index is 2.60. The van der Waals surface area contributed by atoms with E-state index in [9.17, 15) is 13.2 Å². The fourth-order valence-electron chi connectivity index (χ4n) is 2.13. The number of hydrogen-bond donors (Lipinski definition) is 1. The standard InChI is InChI=1S/C15H22F3N/c1-3-12-7-9-13(10-8-12)14(19-4-2)6-5-11-15(16,17)18/h7-10,14,19H,3-6,11H2,1-2H3. The fraction of sp³-hybridized carbons (Fsp3) is 0.600. The average molecular weight is 273 g/mol. The summed E-state index contributed by atoms with van der Waals surface area (Å²) in [5, 5.41) is 3.26. The van der Waals surface area contributed by atoms with Crippen molar-refractivity contribution in [1.82, 2.24) is 5.32 Å². The van der Waals surface area contributed by atoms with Gasteiger partial charge in [-0.3, -0.25) is 0 Å². The van der Waals surface area contributed by atoms with Gasteiger partial charge in [-0.1, -0.05) is 38.1 Å². The molecule has 1 rings (SSSR count). The number of aryl methyl sites for hydroxylation is 1. The molecule has 0 aromatic heterocycles. The molecule has 1 atom stereocenters. The van der Waals surface area contributed by atoms with E-state index < -0.39 is 12.6 Å². The Morgan fingerprint density at radius 1 is 1.11 bits per heavy atom. The van der Waals surface area contributed by atoms with Crippen molar-refractivity contribution < 1.29 is 13.2 Å². The van der Waals surface area contributed by atoms with Gasteiger partial charge in [-0.25, -0.2) is 0 Å². The fourth-order valence-corrected chi connectivity index (χ4v) is 2.13. The molecule has 1 nitrogen and oxygen atoms in total. The lowest BCUT2D eigenvalue weighted by Gasteiger charge is -2.19. The monoisotopic (exact) mass is 273 g/mol. The minimum Gasteiger partial charge on any atom is -0.310 e. The van der Waals surface area contributed by atoms with Gasteiger partial charge in [0.25, 0.3) is 0 Å². The quantitative estimate of drug-likeness (QED) is 0.763. The zero-order chi connectivity index (χ0) is 14.3. The molecule has 1 aromatic carbocycles. The summed E-state index contributed by atoms with van der Waals surface area (Å²) in [6, 6.07) is 8.13. The van der Waals surface area contributed by atoms with Gasteiger partial charge in [0.05, 0.1) is 0 Å². The molecule has 0 aliphatic rings. The molecule has 0 bridgehead atoms. The van der Waals surface area contributed by atoms with Gasteiger partial charge in [0.15, 0.2) is 0 Å². The molecule has 4 heteroatoms. The highest BCUT2D eigenvalue weighted by Gasteiger charge is 2.26. The Morgan fingerprint density at radius 2 is 1.74 bits per heavy atom. The topological polar surface area (TPSA) is 12.0 Å². The SMILES string of the molecule is CCNC(CCCC(F)(F)F)c1ccc(CC)cc1. The van der Waals surface area contributed by atoms with E-state index in [0.29, 0.717) is 6.42 Å². The summed E-state index contributed by atoms with van der Waals surface area (Å²) in [5.41, 5.74) is 2.32. The predicted molar refractivity (Wildman–Crippen MR) is 72.1 cm³/mol. The number of hydrogen-bond acceptors (Lipinski definition) is 1. The van der Waals surface area contributed by atoms with Gasteiger partial charge in [-0.2, -0.15) is 13.2 Å². The van der Waals surface area contributed by atoms with Gasteiger partial charge >= 0.3 is 6.18 Å². The highest BCUT2D eigenvalue weighted by Crippen LogP contribution is 2.26. The number of nitrogens with one attached hydrogen (secondary N) is 1. The molecule has 0 aliphatic carbocycles. The third kappa shape index (κ3) is 6.10. The minimum atomic E-state index is -4.05. The van der Waals surface area contributed by atoms with Gasteiger partial charge in [0.1, 0.15) is 0 Å². The van der Waals surface area contributed by atoms with Crippen molar-refractivity contribution in [1.29, 1.82) is 0 Å². The van der Waals surface area contributed by atoms with Crippen LogP contribution in [0.1, 0.15) is 50.3 Å². The predicted octanol–water partition coefficient (Wildman–Crippen LogP) is 4.63. The van der Waals surface area contributed by atoms with E-state index >= 15 is 0 Å². The summed E-state index contributed by atoms with van der Waals surface area (Å²) in [6.45, 7) is 4.81. The van der Waals surface area contributed by atoms with Gasteiger partial charge in [0, 0.05) is 12.5 Å². The molecule has 0 heterocycles. The third-order valence-electron chi connectivity index (χ3n) is 3.19. The Bertz CT molecular complexity index is 357. The van der Waals surface area contributed by atoms with Crippen molar-refractivity contribution in [2.45, 2.75) is 51.7 Å². The summed E-state index contributed by atoms with van der Waals surface area (Å²) >= 11 is 0. The van der Waals surface area contributed by atoms with Crippen LogP contribution in [0.2, 0.25) is 0 Å². The molecule has 1 N–H and O–H groups in total. The smallest absolute Gasteiger partial charge is 0.310 e. The Labute approximate surface area is 113 Å². The van der Waals surface area contributed by atoms with Crippen molar-refractivity contribution in [3.8, 4) is 0 Å². The Morgan fingerprint density at radius 3 is 2.21 bits per heavy atom. The molecule has 0 saturated carbocycles. The average Bonchev–Trinajstić information content (AvgIpc) is 2.36. The van der Waals surface area contributed by atoms with Gasteiger partial charge in [-0.15, -0.1) is 0 Å². The lowest BCUT2D eigenvalue weighted by Crippen LogP contribution is -2.21. The summed E-state index contributed by atoms with van der Waals surface area (Å²) in [7, 11) is 0. The van der Waals surface area contributed by atoms with E-state index in [1.807, 2.05) is 31.2 Å². The Hall–Kier alpha value is -1.03. The van der Waals surface area contributed by atoms with E-state index in [1.165, 1.54) is 5.56 Å². The van der Waals surface area contributed by atoms with E-state index in [2.05, 4.69) is 12.2 Å². The second-order valence-corrected chi connectivity index (χ2v) is 4.71. The second-order valence-electron chi connectivity index (χ2n) is 4.71. The largest absolute Gasteiger partial charge is 0.389 e. The first-order chi connectivity index (χ1) is 8.96. The zero-order valence-electron chi connectivity index (χ0n) is 11.6.